The molecule has 8 rings (SSSR count). The van der Waals surface area contributed by atoms with Crippen LogP contribution < -0.4 is 15.0 Å². The molecule has 9 unspecified atom stereocenters. The minimum Gasteiger partial charge on any atom is -0.508 e. The highest BCUT2D eigenvalue weighted by molar-refractivity contribution is 6.10. The fourth-order valence-corrected chi connectivity index (χ4v) is 9.95. The maximum absolute atomic E-state index is 14.6. The van der Waals surface area contributed by atoms with Crippen molar-refractivity contribution in [2.45, 2.75) is 86.3 Å². The first-order valence-electron chi connectivity index (χ1n) is 19.8. The standard InChI is InChI=1S/C43H48N4O13/c48-19-34-37(53)38(54)39(55)43(58,60-34)59-33-16-30-26(15-32(33)51)27(17-42-12-4-3-11-41(42,21-49)20-45-29-6-2-1-5-28(29)42)36(40(56)57)47(30)35(52)10-8-23-7-9-31(50)24(13-23)14-25-18-44-22-46-25/h1-2,5-10,13,15-16,18,22,27,34,36-39,45,48-51,53-55,58H,3-4,11-12,14,17,19-21H2,(H,44,46)(H,56,57). The predicted octanol–water partition coefficient (Wildman–Crippen LogP) is 1.81. The number of carbonyl (C=O) groups excluding carboxylic acids is 1. The topological polar surface area (TPSA) is 279 Å². The molecule has 4 aromatic rings. The predicted molar refractivity (Wildman–Crippen MR) is 213 cm³/mol. The maximum Gasteiger partial charge on any atom is 0.355 e. The van der Waals surface area contributed by atoms with E-state index in [1.54, 1.807) is 18.3 Å². The van der Waals surface area contributed by atoms with Gasteiger partial charge in [0.2, 0.25) is 0 Å². The molecule has 1 saturated heterocycles. The number of fused-ring (bicyclic) bond motifs is 4. The number of anilines is 2. The number of phenols is 2. The van der Waals surface area contributed by atoms with E-state index in [-0.39, 0.29) is 30.0 Å². The third-order valence-corrected chi connectivity index (χ3v) is 13.0. The number of nitrogens with one attached hydrogen (secondary N) is 2. The van der Waals surface area contributed by atoms with Gasteiger partial charge in [0.05, 0.1) is 25.2 Å². The second kappa shape index (κ2) is 15.8. The molecule has 1 amide bonds. The first-order valence-corrected chi connectivity index (χ1v) is 19.8. The number of aromatic hydroxyl groups is 2. The van der Waals surface area contributed by atoms with Gasteiger partial charge in [-0.05, 0) is 66.3 Å². The van der Waals surface area contributed by atoms with Gasteiger partial charge in [0, 0.05) is 65.0 Å². The number of rotatable bonds is 11. The van der Waals surface area contributed by atoms with Gasteiger partial charge in [-0.1, -0.05) is 37.1 Å². The van der Waals surface area contributed by atoms with E-state index in [1.165, 1.54) is 30.6 Å². The molecule has 17 heteroatoms. The Morgan fingerprint density at radius 1 is 1.00 bits per heavy atom. The molecule has 0 spiro atoms. The van der Waals surface area contributed by atoms with Crippen molar-refractivity contribution in [3.8, 4) is 17.2 Å². The molecule has 318 valence electrons. The monoisotopic (exact) mass is 828 g/mol. The third kappa shape index (κ3) is 6.85. The van der Waals surface area contributed by atoms with Crippen molar-refractivity contribution in [3.63, 3.8) is 0 Å². The summed E-state index contributed by atoms with van der Waals surface area (Å²) in [4.78, 5) is 36.2. The van der Waals surface area contributed by atoms with E-state index in [2.05, 4.69) is 15.3 Å². The average molecular weight is 829 g/mol. The number of imidazole rings is 1. The fourth-order valence-electron chi connectivity index (χ4n) is 9.95. The Labute approximate surface area is 343 Å². The average Bonchev–Trinajstić information content (AvgIpc) is 3.87. The maximum atomic E-state index is 14.6. The first-order chi connectivity index (χ1) is 28.7. The Balaban J connectivity index is 1.23. The van der Waals surface area contributed by atoms with Crippen molar-refractivity contribution >= 4 is 29.3 Å². The summed E-state index contributed by atoms with van der Waals surface area (Å²) in [6, 6.07) is 13.2. The van der Waals surface area contributed by atoms with Crippen LogP contribution in [0.2, 0.25) is 0 Å². The number of ether oxygens (including phenoxy) is 2. The van der Waals surface area contributed by atoms with E-state index in [0.717, 1.165) is 40.8 Å². The first kappa shape index (κ1) is 41.2. The highest BCUT2D eigenvalue weighted by atomic mass is 16.8. The molecule has 17 nitrogen and oxygen atoms in total. The molecule has 3 aromatic carbocycles. The number of aliphatic hydroxyl groups excluding tert-OH is 5. The van der Waals surface area contributed by atoms with Crippen LogP contribution in [0.3, 0.4) is 0 Å². The quantitative estimate of drug-likeness (QED) is 0.0760. The lowest BCUT2D eigenvalue weighted by Crippen LogP contribution is -2.67. The van der Waals surface area contributed by atoms with Crippen LogP contribution >= 0.6 is 0 Å². The number of amides is 1. The van der Waals surface area contributed by atoms with Crippen molar-refractivity contribution < 1.29 is 65.0 Å². The fraction of sp³-hybridized carbons (Fsp3) is 0.419. The molecule has 4 aliphatic rings. The van der Waals surface area contributed by atoms with Crippen molar-refractivity contribution in [2.75, 3.05) is 30.0 Å². The number of phenolic OH excluding ortho intramolecular Hbond substituents is 2. The van der Waals surface area contributed by atoms with Gasteiger partial charge in [0.1, 0.15) is 30.1 Å². The van der Waals surface area contributed by atoms with Crippen LogP contribution in [0.25, 0.3) is 6.08 Å². The number of H-pyrrole nitrogens is 1. The van der Waals surface area contributed by atoms with Gasteiger partial charge in [-0.2, -0.15) is 0 Å². The number of para-hydroxylation sites is 1. The third-order valence-electron chi connectivity index (χ3n) is 13.0. The SMILES string of the molecule is O=C(O)C1C(CC23CCCCC2(CO)CNc2ccccc23)c2cc(O)c(OC3(O)OC(CO)C(O)C(O)C3O)cc2N1C(=O)C=Cc1ccc(O)c(Cc2cnc[nH]2)c1. The lowest BCUT2D eigenvalue weighted by Gasteiger charge is -2.58. The summed E-state index contributed by atoms with van der Waals surface area (Å²) >= 11 is 0. The summed E-state index contributed by atoms with van der Waals surface area (Å²) in [6.07, 6.45) is 1.31. The number of nitrogens with zero attached hydrogens (tertiary/aromatic N) is 2. The molecule has 0 radical (unpaired) electrons. The molecule has 1 aliphatic carbocycles. The zero-order chi connectivity index (χ0) is 42.6. The summed E-state index contributed by atoms with van der Waals surface area (Å²) in [5, 5.41) is 100. The summed E-state index contributed by atoms with van der Waals surface area (Å²) < 4.78 is 10.9. The van der Waals surface area contributed by atoms with E-state index in [1.807, 2.05) is 24.3 Å². The minimum atomic E-state index is -3.13. The van der Waals surface area contributed by atoms with Crippen LogP contribution in [0.4, 0.5) is 11.4 Å². The summed E-state index contributed by atoms with van der Waals surface area (Å²) in [7, 11) is 0. The van der Waals surface area contributed by atoms with Crippen molar-refractivity contribution in [3.05, 3.63) is 101 Å². The molecule has 1 aromatic heterocycles. The Morgan fingerprint density at radius 2 is 1.78 bits per heavy atom. The number of benzene rings is 3. The number of carboxylic acid groups (broad SMARTS) is 1. The second-order valence-corrected chi connectivity index (χ2v) is 16.3. The molecule has 11 N–H and O–H groups in total. The van der Waals surface area contributed by atoms with E-state index < -0.39 is 83.2 Å². The Kier molecular flexibility index (Phi) is 10.9. The van der Waals surface area contributed by atoms with Crippen molar-refractivity contribution in [1.29, 1.82) is 0 Å². The lowest BCUT2D eigenvalue weighted by atomic mass is 9.49. The Hall–Kier alpha value is -5.53. The molecular weight excluding hydrogens is 780 g/mol. The van der Waals surface area contributed by atoms with Gasteiger partial charge < -0.3 is 65.7 Å². The number of carboxylic acids is 1. The van der Waals surface area contributed by atoms with Crippen LogP contribution in [0.1, 0.15) is 66.0 Å². The van der Waals surface area contributed by atoms with Crippen molar-refractivity contribution in [2.24, 2.45) is 5.41 Å². The molecule has 60 heavy (non-hydrogen) atoms. The Bertz CT molecular complexity index is 2290. The van der Waals surface area contributed by atoms with Gasteiger partial charge >= 0.3 is 11.9 Å². The van der Waals surface area contributed by atoms with Crippen molar-refractivity contribution in [1.82, 2.24) is 9.97 Å². The molecule has 1 saturated carbocycles. The molecular formula is C43H48N4O13. The molecule has 9 atom stereocenters. The molecule has 0 bridgehead atoms. The zero-order valence-corrected chi connectivity index (χ0v) is 32.4. The van der Waals surface area contributed by atoms with Crippen LogP contribution in [-0.4, -0.2) is 124 Å². The smallest absolute Gasteiger partial charge is 0.355 e. The summed E-state index contributed by atoms with van der Waals surface area (Å²) in [6.45, 7) is -0.669. The van der Waals surface area contributed by atoms with Crippen LogP contribution in [0.5, 0.6) is 17.2 Å². The minimum absolute atomic E-state index is 0.0160. The lowest BCUT2D eigenvalue weighted by molar-refractivity contribution is -0.422. The largest absolute Gasteiger partial charge is 0.508 e. The molecule has 2 fully saturated rings. The van der Waals surface area contributed by atoms with E-state index in [9.17, 15) is 55.5 Å². The summed E-state index contributed by atoms with van der Waals surface area (Å²) in [5.41, 5.74) is 2.30. The van der Waals surface area contributed by atoms with Gasteiger partial charge in [0.15, 0.2) is 17.6 Å². The summed E-state index contributed by atoms with van der Waals surface area (Å²) in [5.74, 6) is -7.46. The highest BCUT2D eigenvalue weighted by Gasteiger charge is 2.60. The number of carbonyl (C=O) groups is 2. The van der Waals surface area contributed by atoms with Crippen LogP contribution in [0.15, 0.2) is 73.2 Å². The van der Waals surface area contributed by atoms with Gasteiger partial charge in [0.25, 0.3) is 5.91 Å². The van der Waals surface area contributed by atoms with Gasteiger partial charge in [-0.15, -0.1) is 0 Å². The zero-order valence-electron chi connectivity index (χ0n) is 32.4. The second-order valence-electron chi connectivity index (χ2n) is 16.3. The highest BCUT2D eigenvalue weighted by Crippen LogP contribution is 2.62. The van der Waals surface area contributed by atoms with Gasteiger partial charge in [-0.25, -0.2) is 9.78 Å². The Morgan fingerprint density at radius 3 is 2.52 bits per heavy atom. The number of aromatic amines is 1. The van der Waals surface area contributed by atoms with E-state index in [0.29, 0.717) is 36.9 Å². The van der Waals surface area contributed by atoms with Gasteiger partial charge in [-0.3, -0.25) is 9.69 Å². The molecule has 4 heterocycles. The number of aliphatic carboxylic acids is 1. The number of aromatic nitrogens is 2. The molecule has 3 aliphatic heterocycles. The number of hydrogen-bond donors (Lipinski definition) is 11. The number of hydrogen-bond acceptors (Lipinski definition) is 14. The van der Waals surface area contributed by atoms with Crippen LogP contribution in [-0.2, 0) is 26.2 Å². The van der Waals surface area contributed by atoms with E-state index >= 15 is 0 Å². The van der Waals surface area contributed by atoms with E-state index in [4.69, 9.17) is 9.47 Å². The normalized spacial score (nSPS) is 30.9. The number of aliphatic hydroxyl groups is 6. The van der Waals surface area contributed by atoms with Crippen LogP contribution in [0, 0.1) is 5.41 Å².